The Balaban J connectivity index is 1.82. The van der Waals surface area contributed by atoms with Crippen molar-refractivity contribution in [3.8, 4) is 11.8 Å². The van der Waals surface area contributed by atoms with Crippen molar-refractivity contribution in [3.63, 3.8) is 0 Å². The first kappa shape index (κ1) is 19.6. The van der Waals surface area contributed by atoms with E-state index in [1.807, 2.05) is 56.5 Å². The van der Waals surface area contributed by atoms with E-state index in [1.54, 1.807) is 11.3 Å². The van der Waals surface area contributed by atoms with Crippen molar-refractivity contribution in [1.29, 1.82) is 5.26 Å². The Labute approximate surface area is 175 Å². The number of rotatable bonds is 4. The highest BCUT2D eigenvalue weighted by Gasteiger charge is 2.42. The molecule has 1 aliphatic carbocycles. The van der Waals surface area contributed by atoms with Crippen LogP contribution in [-0.4, -0.2) is 17.6 Å². The van der Waals surface area contributed by atoms with Gasteiger partial charge in [-0.2, -0.15) is 5.26 Å². The van der Waals surface area contributed by atoms with Crippen molar-refractivity contribution in [2.24, 2.45) is 10.9 Å². The molecule has 3 atom stereocenters. The van der Waals surface area contributed by atoms with Gasteiger partial charge in [0.25, 0.3) is 0 Å². The summed E-state index contributed by atoms with van der Waals surface area (Å²) < 4.78 is 6.04. The summed E-state index contributed by atoms with van der Waals surface area (Å²) >= 11 is 1.69. The van der Waals surface area contributed by atoms with Gasteiger partial charge in [-0.15, -0.1) is 11.3 Å². The van der Waals surface area contributed by atoms with E-state index >= 15 is 0 Å². The van der Waals surface area contributed by atoms with Crippen LogP contribution in [0, 0.1) is 17.2 Å². The van der Waals surface area contributed by atoms with Crippen molar-refractivity contribution < 1.29 is 9.53 Å². The molecule has 1 aromatic carbocycles. The second-order valence-electron chi connectivity index (χ2n) is 7.95. The molecule has 0 fully saturated rings. The number of ketones is 1. The predicted octanol–water partition coefficient (Wildman–Crippen LogP) is 5.63. The van der Waals surface area contributed by atoms with Gasteiger partial charge in [0.2, 0.25) is 0 Å². The quantitative estimate of drug-likeness (QED) is 0.663. The van der Waals surface area contributed by atoms with Crippen LogP contribution >= 0.6 is 11.3 Å². The predicted molar refractivity (Wildman–Crippen MR) is 115 cm³/mol. The highest BCUT2D eigenvalue weighted by molar-refractivity contribution is 7.10. The third kappa shape index (κ3) is 3.65. The number of hydrogen-bond acceptors (Lipinski definition) is 5. The second-order valence-corrected chi connectivity index (χ2v) is 8.93. The van der Waals surface area contributed by atoms with E-state index in [-0.39, 0.29) is 23.7 Å². The Morgan fingerprint density at radius 3 is 2.69 bits per heavy atom. The molecule has 0 saturated heterocycles. The summed E-state index contributed by atoms with van der Waals surface area (Å²) in [6.45, 7) is 5.86. The molecule has 29 heavy (non-hydrogen) atoms. The van der Waals surface area contributed by atoms with Gasteiger partial charge in [0.1, 0.15) is 5.75 Å². The number of carbonyl (C=O) groups excluding carboxylic acids is 1. The maximum absolute atomic E-state index is 13.3. The highest BCUT2D eigenvalue weighted by atomic mass is 32.1. The lowest BCUT2D eigenvalue weighted by Crippen LogP contribution is -2.32. The molecule has 0 amide bonds. The molecular formula is C24H24N2O2S. The van der Waals surface area contributed by atoms with Gasteiger partial charge in [-0.25, -0.2) is 0 Å². The molecular weight excluding hydrogens is 380 g/mol. The maximum atomic E-state index is 13.3. The van der Waals surface area contributed by atoms with E-state index in [0.29, 0.717) is 12.0 Å². The monoisotopic (exact) mass is 404 g/mol. The van der Waals surface area contributed by atoms with Gasteiger partial charge in [-0.3, -0.25) is 9.79 Å². The van der Waals surface area contributed by atoms with Gasteiger partial charge >= 0.3 is 0 Å². The van der Waals surface area contributed by atoms with Gasteiger partial charge in [-0.1, -0.05) is 24.3 Å². The fourth-order valence-corrected chi connectivity index (χ4v) is 5.22. The van der Waals surface area contributed by atoms with Gasteiger partial charge in [0.15, 0.2) is 5.78 Å². The largest absolute Gasteiger partial charge is 0.491 e. The molecule has 1 aromatic heterocycles. The van der Waals surface area contributed by atoms with Gasteiger partial charge in [-0.05, 0) is 44.7 Å². The summed E-state index contributed by atoms with van der Waals surface area (Å²) in [6.07, 6.45) is 1.21. The maximum Gasteiger partial charge on any atom is 0.162 e. The topological polar surface area (TPSA) is 62.4 Å². The molecule has 4 rings (SSSR count). The minimum atomic E-state index is -0.465. The molecule has 4 nitrogen and oxygen atoms in total. The zero-order valence-electron chi connectivity index (χ0n) is 16.9. The first-order valence-corrected chi connectivity index (χ1v) is 10.9. The summed E-state index contributed by atoms with van der Waals surface area (Å²) in [5, 5.41) is 12.0. The van der Waals surface area contributed by atoms with Gasteiger partial charge in [0, 0.05) is 45.7 Å². The number of allylic oxidation sites excluding steroid dienone is 2. The first-order chi connectivity index (χ1) is 14.0. The minimum absolute atomic E-state index is 0.00811. The van der Waals surface area contributed by atoms with Crippen molar-refractivity contribution in [2.75, 3.05) is 0 Å². The third-order valence-corrected chi connectivity index (χ3v) is 6.62. The highest BCUT2D eigenvalue weighted by Crippen LogP contribution is 2.48. The number of hydrogen-bond donors (Lipinski definition) is 0. The Kier molecular flexibility index (Phi) is 5.38. The van der Waals surface area contributed by atoms with Crippen LogP contribution in [0.1, 0.15) is 55.9 Å². The molecule has 148 valence electrons. The number of thiophene rings is 1. The van der Waals surface area contributed by atoms with E-state index in [0.717, 1.165) is 29.1 Å². The Bertz CT molecular complexity index is 1030. The van der Waals surface area contributed by atoms with E-state index in [4.69, 9.17) is 9.73 Å². The number of nitriles is 1. The van der Waals surface area contributed by atoms with Crippen molar-refractivity contribution >= 4 is 22.8 Å². The number of ether oxygens (including phenoxy) is 1. The number of carbonyl (C=O) groups is 1. The van der Waals surface area contributed by atoms with Crippen LogP contribution < -0.4 is 4.74 Å². The lowest BCUT2D eigenvalue weighted by Gasteiger charge is -2.35. The fourth-order valence-electron chi connectivity index (χ4n) is 4.39. The molecule has 2 aromatic rings. The Morgan fingerprint density at radius 1 is 1.21 bits per heavy atom. The standard InChI is InChI=1S/C24H24N2O2S/c1-14(2)28-21-8-5-4-7-17(21)23-18(13-25)15(3)26-19-11-16(12-20(27)24(19)23)22-9-6-10-29-22/h4-10,14,16,18,23H,11-12H2,1-3H3. The Morgan fingerprint density at radius 2 is 2.00 bits per heavy atom. The normalized spacial score (nSPS) is 24.2. The molecule has 2 aliphatic rings. The number of Topliss-reactive ketones (excluding diaryl/α,β-unsaturated/α-hetero) is 1. The molecule has 0 radical (unpaired) electrons. The number of nitrogens with zero attached hydrogens (tertiary/aromatic N) is 2. The van der Waals surface area contributed by atoms with Crippen LogP contribution in [0.25, 0.3) is 0 Å². The van der Waals surface area contributed by atoms with Gasteiger partial charge < -0.3 is 4.74 Å². The average Bonchev–Trinajstić information content (AvgIpc) is 3.21. The summed E-state index contributed by atoms with van der Waals surface area (Å²) in [6, 6.07) is 14.3. The van der Waals surface area contributed by atoms with Gasteiger partial charge in [0.05, 0.1) is 18.1 Å². The summed E-state index contributed by atoms with van der Waals surface area (Å²) in [5.41, 5.74) is 3.22. The zero-order valence-corrected chi connectivity index (χ0v) is 17.7. The number of aliphatic imine (C=N–C) groups is 1. The van der Waals surface area contributed by atoms with E-state index in [9.17, 15) is 10.1 Å². The smallest absolute Gasteiger partial charge is 0.162 e. The van der Waals surface area contributed by atoms with E-state index in [1.165, 1.54) is 4.88 Å². The lowest BCUT2D eigenvalue weighted by molar-refractivity contribution is -0.116. The van der Waals surface area contributed by atoms with E-state index < -0.39 is 5.92 Å². The molecule has 0 N–H and O–H groups in total. The zero-order chi connectivity index (χ0) is 20.5. The van der Waals surface area contributed by atoms with Crippen LogP contribution in [0.4, 0.5) is 0 Å². The van der Waals surface area contributed by atoms with Crippen molar-refractivity contribution in [2.45, 2.75) is 51.6 Å². The minimum Gasteiger partial charge on any atom is -0.491 e. The summed E-state index contributed by atoms with van der Waals surface area (Å²) in [4.78, 5) is 19.3. The van der Waals surface area contributed by atoms with Crippen molar-refractivity contribution in [3.05, 3.63) is 63.5 Å². The fraction of sp³-hybridized carbons (Fsp3) is 0.375. The van der Waals surface area contributed by atoms with Crippen LogP contribution in [-0.2, 0) is 4.79 Å². The molecule has 3 unspecified atom stereocenters. The molecule has 5 heteroatoms. The first-order valence-electron chi connectivity index (χ1n) is 9.99. The van der Waals surface area contributed by atoms with Crippen molar-refractivity contribution in [1.82, 2.24) is 0 Å². The third-order valence-electron chi connectivity index (χ3n) is 5.59. The molecule has 1 aliphatic heterocycles. The number of benzene rings is 1. The molecule has 2 heterocycles. The van der Waals surface area contributed by atoms with Crippen LogP contribution in [0.3, 0.4) is 0 Å². The molecule has 0 saturated carbocycles. The molecule has 0 bridgehead atoms. The van der Waals surface area contributed by atoms with Crippen LogP contribution in [0.15, 0.2) is 58.0 Å². The average molecular weight is 405 g/mol. The SMILES string of the molecule is CC1=NC2=C(C(=O)CC(c3cccs3)C2)C(c2ccccc2OC(C)C)C1C#N. The van der Waals surface area contributed by atoms with Crippen LogP contribution in [0.2, 0.25) is 0 Å². The summed E-state index contributed by atoms with van der Waals surface area (Å²) in [5.74, 6) is 0.208. The van der Waals surface area contributed by atoms with Crippen LogP contribution in [0.5, 0.6) is 5.75 Å². The summed E-state index contributed by atoms with van der Waals surface area (Å²) in [7, 11) is 0. The second kappa shape index (κ2) is 7.96. The molecule has 0 spiro atoms. The Hall–Kier alpha value is -2.71. The lowest BCUT2D eigenvalue weighted by atomic mass is 9.70. The number of para-hydroxylation sites is 1. The van der Waals surface area contributed by atoms with E-state index in [2.05, 4.69) is 12.1 Å².